The molecule has 0 aliphatic carbocycles. The molecule has 2 N–H and O–H groups in total. The van der Waals surface area contributed by atoms with Crippen LogP contribution in [0.1, 0.15) is 11.7 Å². The Morgan fingerprint density at radius 2 is 2.20 bits per heavy atom. The zero-order chi connectivity index (χ0) is 10.5. The summed E-state index contributed by atoms with van der Waals surface area (Å²) < 4.78 is 5.33. The highest BCUT2D eigenvalue weighted by atomic mass is 16.5. The van der Waals surface area contributed by atoms with Crippen LogP contribution in [0.4, 0.5) is 0 Å². The van der Waals surface area contributed by atoms with Gasteiger partial charge in [-0.05, 0) is 12.1 Å². The SMILES string of the molecule is NCC(c1ccccn1)N1CCOCC1. The lowest BCUT2D eigenvalue weighted by Crippen LogP contribution is -2.42. The molecule has 0 saturated carbocycles. The third-order valence-corrected chi connectivity index (χ3v) is 2.74. The van der Waals surface area contributed by atoms with Gasteiger partial charge in [-0.15, -0.1) is 0 Å². The van der Waals surface area contributed by atoms with Gasteiger partial charge >= 0.3 is 0 Å². The molecule has 1 aromatic rings. The van der Waals surface area contributed by atoms with Gasteiger partial charge in [0.05, 0.1) is 24.9 Å². The normalized spacial score (nSPS) is 20.1. The Bertz CT molecular complexity index is 285. The molecule has 1 fully saturated rings. The topological polar surface area (TPSA) is 51.4 Å². The zero-order valence-electron chi connectivity index (χ0n) is 8.80. The van der Waals surface area contributed by atoms with Crippen LogP contribution in [0, 0.1) is 0 Å². The summed E-state index contributed by atoms with van der Waals surface area (Å²) in [5, 5.41) is 0. The maximum Gasteiger partial charge on any atom is 0.0646 e. The number of hydrogen-bond acceptors (Lipinski definition) is 4. The average molecular weight is 207 g/mol. The monoisotopic (exact) mass is 207 g/mol. The Kier molecular flexibility index (Phi) is 3.66. The third kappa shape index (κ3) is 2.53. The van der Waals surface area contributed by atoms with E-state index in [1.165, 1.54) is 0 Å². The number of morpholine rings is 1. The van der Waals surface area contributed by atoms with Gasteiger partial charge in [-0.2, -0.15) is 0 Å². The lowest BCUT2D eigenvalue weighted by molar-refractivity contribution is 0.0170. The fraction of sp³-hybridized carbons (Fsp3) is 0.545. The summed E-state index contributed by atoms with van der Waals surface area (Å²) in [6.07, 6.45) is 1.82. The van der Waals surface area contributed by atoms with Crippen molar-refractivity contribution in [2.75, 3.05) is 32.8 Å². The number of nitrogens with zero attached hydrogens (tertiary/aromatic N) is 2. The second-order valence-electron chi connectivity index (χ2n) is 3.65. The molecule has 0 bridgehead atoms. The molecule has 15 heavy (non-hydrogen) atoms. The number of pyridine rings is 1. The van der Waals surface area contributed by atoms with Crippen molar-refractivity contribution in [1.29, 1.82) is 0 Å². The molecule has 1 aliphatic rings. The number of nitrogens with two attached hydrogens (primary N) is 1. The van der Waals surface area contributed by atoms with E-state index >= 15 is 0 Å². The van der Waals surface area contributed by atoms with Crippen LogP contribution in [0.15, 0.2) is 24.4 Å². The molecular formula is C11H17N3O. The van der Waals surface area contributed by atoms with E-state index < -0.39 is 0 Å². The van der Waals surface area contributed by atoms with Crippen LogP contribution < -0.4 is 5.73 Å². The van der Waals surface area contributed by atoms with Crippen molar-refractivity contribution < 1.29 is 4.74 Å². The molecule has 4 heteroatoms. The first-order valence-corrected chi connectivity index (χ1v) is 5.34. The highest BCUT2D eigenvalue weighted by Gasteiger charge is 2.21. The quantitative estimate of drug-likeness (QED) is 0.780. The molecule has 0 aromatic carbocycles. The van der Waals surface area contributed by atoms with Crippen molar-refractivity contribution in [1.82, 2.24) is 9.88 Å². The number of aromatic nitrogens is 1. The summed E-state index contributed by atoms with van der Waals surface area (Å²) in [7, 11) is 0. The van der Waals surface area contributed by atoms with Crippen molar-refractivity contribution >= 4 is 0 Å². The lowest BCUT2D eigenvalue weighted by Gasteiger charge is -2.33. The van der Waals surface area contributed by atoms with Crippen molar-refractivity contribution in [2.24, 2.45) is 5.73 Å². The molecule has 1 aliphatic heterocycles. The summed E-state index contributed by atoms with van der Waals surface area (Å²) in [6, 6.07) is 6.20. The summed E-state index contributed by atoms with van der Waals surface area (Å²) in [5.41, 5.74) is 6.87. The van der Waals surface area contributed by atoms with Crippen molar-refractivity contribution in [3.05, 3.63) is 30.1 Å². The van der Waals surface area contributed by atoms with Crippen LogP contribution >= 0.6 is 0 Å². The van der Waals surface area contributed by atoms with Crippen molar-refractivity contribution in [3.63, 3.8) is 0 Å². The molecule has 2 heterocycles. The molecule has 0 amide bonds. The van der Waals surface area contributed by atoms with Gasteiger partial charge < -0.3 is 10.5 Å². The minimum atomic E-state index is 0.232. The molecule has 1 atom stereocenters. The van der Waals surface area contributed by atoms with Crippen LogP contribution in [-0.4, -0.2) is 42.7 Å². The van der Waals surface area contributed by atoms with E-state index in [-0.39, 0.29) is 6.04 Å². The largest absolute Gasteiger partial charge is 0.379 e. The molecule has 2 rings (SSSR count). The van der Waals surface area contributed by atoms with E-state index in [2.05, 4.69) is 9.88 Å². The minimum absolute atomic E-state index is 0.232. The van der Waals surface area contributed by atoms with Crippen LogP contribution in [0.3, 0.4) is 0 Å². The van der Waals surface area contributed by atoms with E-state index in [0.29, 0.717) is 6.54 Å². The van der Waals surface area contributed by atoms with E-state index in [1.807, 2.05) is 24.4 Å². The van der Waals surface area contributed by atoms with Crippen molar-refractivity contribution in [3.8, 4) is 0 Å². The molecule has 82 valence electrons. The Morgan fingerprint density at radius 3 is 2.80 bits per heavy atom. The molecule has 1 saturated heterocycles. The van der Waals surface area contributed by atoms with Gasteiger partial charge in [-0.25, -0.2) is 0 Å². The van der Waals surface area contributed by atoms with Crippen molar-refractivity contribution in [2.45, 2.75) is 6.04 Å². The Labute approximate surface area is 90.0 Å². The smallest absolute Gasteiger partial charge is 0.0646 e. The van der Waals surface area contributed by atoms with E-state index in [4.69, 9.17) is 10.5 Å². The third-order valence-electron chi connectivity index (χ3n) is 2.74. The Balaban J connectivity index is 2.09. The predicted molar refractivity (Wildman–Crippen MR) is 58.4 cm³/mol. The molecule has 4 nitrogen and oxygen atoms in total. The Hall–Kier alpha value is -0.970. The van der Waals surface area contributed by atoms with Gasteiger partial charge in [-0.3, -0.25) is 9.88 Å². The van der Waals surface area contributed by atoms with Crippen LogP contribution in [0.25, 0.3) is 0 Å². The van der Waals surface area contributed by atoms with Crippen LogP contribution in [0.5, 0.6) is 0 Å². The van der Waals surface area contributed by atoms with E-state index in [9.17, 15) is 0 Å². The maximum atomic E-state index is 5.81. The first kappa shape index (κ1) is 10.5. The molecule has 1 unspecified atom stereocenters. The van der Waals surface area contributed by atoms with E-state index in [0.717, 1.165) is 32.0 Å². The second-order valence-corrected chi connectivity index (χ2v) is 3.65. The van der Waals surface area contributed by atoms with Crippen LogP contribution in [0.2, 0.25) is 0 Å². The number of hydrogen-bond donors (Lipinski definition) is 1. The van der Waals surface area contributed by atoms with Gasteiger partial charge in [0.25, 0.3) is 0 Å². The maximum absolute atomic E-state index is 5.81. The summed E-state index contributed by atoms with van der Waals surface area (Å²) >= 11 is 0. The first-order chi connectivity index (χ1) is 7.42. The van der Waals surface area contributed by atoms with Gasteiger partial charge in [0.15, 0.2) is 0 Å². The molecular weight excluding hydrogens is 190 g/mol. The summed E-state index contributed by atoms with van der Waals surface area (Å²) in [4.78, 5) is 6.70. The fourth-order valence-electron chi connectivity index (χ4n) is 1.92. The van der Waals surface area contributed by atoms with Gasteiger partial charge in [0.1, 0.15) is 0 Å². The summed E-state index contributed by atoms with van der Waals surface area (Å²) in [6.45, 7) is 4.08. The molecule has 0 radical (unpaired) electrons. The van der Waals surface area contributed by atoms with Gasteiger partial charge in [0, 0.05) is 25.8 Å². The van der Waals surface area contributed by atoms with Gasteiger partial charge in [-0.1, -0.05) is 6.07 Å². The number of ether oxygens (including phenoxy) is 1. The van der Waals surface area contributed by atoms with Gasteiger partial charge in [0.2, 0.25) is 0 Å². The molecule has 1 aromatic heterocycles. The van der Waals surface area contributed by atoms with E-state index in [1.54, 1.807) is 0 Å². The summed E-state index contributed by atoms with van der Waals surface area (Å²) in [5.74, 6) is 0. The number of rotatable bonds is 3. The predicted octanol–water partition coefficient (Wildman–Crippen LogP) is 0.414. The van der Waals surface area contributed by atoms with Crippen LogP contribution in [-0.2, 0) is 4.74 Å². The minimum Gasteiger partial charge on any atom is -0.379 e. The zero-order valence-corrected chi connectivity index (χ0v) is 8.80. The highest BCUT2D eigenvalue weighted by molar-refractivity contribution is 5.09. The first-order valence-electron chi connectivity index (χ1n) is 5.34. The second kappa shape index (κ2) is 5.21. The molecule has 0 spiro atoms. The standard InChI is InChI=1S/C11H17N3O/c12-9-11(10-3-1-2-4-13-10)14-5-7-15-8-6-14/h1-4,11H,5-9,12H2. The highest BCUT2D eigenvalue weighted by Crippen LogP contribution is 2.18. The Morgan fingerprint density at radius 1 is 1.40 bits per heavy atom. The fourth-order valence-corrected chi connectivity index (χ4v) is 1.92. The average Bonchev–Trinajstić information content (AvgIpc) is 2.33. The lowest BCUT2D eigenvalue weighted by atomic mass is 10.1.